The molecular formula is C16H15N3O2. The number of hydrogen-bond acceptors (Lipinski definition) is 4. The van der Waals surface area contributed by atoms with Crippen molar-refractivity contribution in [2.24, 2.45) is 0 Å². The van der Waals surface area contributed by atoms with Crippen molar-refractivity contribution in [3.05, 3.63) is 53.2 Å². The van der Waals surface area contributed by atoms with E-state index in [-0.39, 0.29) is 5.56 Å². The highest BCUT2D eigenvalue weighted by molar-refractivity contribution is 5.89. The molecule has 0 atom stereocenters. The Labute approximate surface area is 123 Å². The largest absolute Gasteiger partial charge is 0.478 e. The van der Waals surface area contributed by atoms with Crippen LogP contribution in [0, 0.1) is 11.3 Å². The molecule has 0 saturated heterocycles. The van der Waals surface area contributed by atoms with Crippen LogP contribution in [0.3, 0.4) is 0 Å². The lowest BCUT2D eigenvalue weighted by atomic mass is 10.1. The summed E-state index contributed by atoms with van der Waals surface area (Å²) in [6.45, 7) is 1.93. The molecule has 0 saturated carbocycles. The maximum Gasteiger partial charge on any atom is 0.335 e. The monoisotopic (exact) mass is 281 g/mol. The number of nitrogens with zero attached hydrogens (tertiary/aromatic N) is 3. The molecule has 2 rings (SSSR count). The van der Waals surface area contributed by atoms with Gasteiger partial charge in [-0.3, -0.25) is 0 Å². The number of aromatic nitrogens is 1. The van der Waals surface area contributed by atoms with Gasteiger partial charge < -0.3 is 10.0 Å². The van der Waals surface area contributed by atoms with E-state index >= 15 is 0 Å². The van der Waals surface area contributed by atoms with Gasteiger partial charge >= 0.3 is 5.97 Å². The Morgan fingerprint density at radius 1 is 1.33 bits per heavy atom. The molecule has 2 aromatic rings. The Hall–Kier alpha value is -2.87. The molecule has 0 bridgehead atoms. The van der Waals surface area contributed by atoms with Gasteiger partial charge in [-0.05, 0) is 42.8 Å². The number of hydrogen-bond donors (Lipinski definition) is 1. The summed E-state index contributed by atoms with van der Waals surface area (Å²) in [5, 5.41) is 18.0. The number of rotatable bonds is 4. The van der Waals surface area contributed by atoms with Crippen LogP contribution in [0.5, 0.6) is 0 Å². The van der Waals surface area contributed by atoms with E-state index in [9.17, 15) is 4.79 Å². The first-order chi connectivity index (χ1) is 10.0. The van der Waals surface area contributed by atoms with Crippen molar-refractivity contribution in [1.29, 1.82) is 5.26 Å². The van der Waals surface area contributed by atoms with Gasteiger partial charge in [0.25, 0.3) is 0 Å². The Morgan fingerprint density at radius 3 is 2.52 bits per heavy atom. The molecule has 0 amide bonds. The second-order valence-electron chi connectivity index (χ2n) is 4.58. The van der Waals surface area contributed by atoms with Crippen LogP contribution in [0.15, 0.2) is 36.4 Å². The molecule has 21 heavy (non-hydrogen) atoms. The zero-order valence-corrected chi connectivity index (χ0v) is 11.9. The summed E-state index contributed by atoms with van der Waals surface area (Å²) in [5.41, 5.74) is 2.36. The summed E-state index contributed by atoms with van der Waals surface area (Å²) in [5.74, 6) is -0.405. The summed E-state index contributed by atoms with van der Waals surface area (Å²) in [7, 11) is 1.81. The van der Waals surface area contributed by atoms with Gasteiger partial charge in [0.1, 0.15) is 5.82 Å². The van der Waals surface area contributed by atoms with Gasteiger partial charge in [-0.15, -0.1) is 0 Å². The average molecular weight is 281 g/mol. The lowest BCUT2D eigenvalue weighted by Gasteiger charge is -2.19. The van der Waals surface area contributed by atoms with Crippen molar-refractivity contribution < 1.29 is 9.90 Å². The number of carboxylic acids is 1. The molecule has 5 nitrogen and oxygen atoms in total. The normalized spacial score (nSPS) is 9.95. The first kappa shape index (κ1) is 14.5. The highest BCUT2D eigenvalue weighted by atomic mass is 16.4. The molecule has 0 aliphatic heterocycles. The number of carbonyl (C=O) groups is 1. The topological polar surface area (TPSA) is 77.2 Å². The van der Waals surface area contributed by atoms with Gasteiger partial charge in [0.15, 0.2) is 0 Å². The third-order valence-electron chi connectivity index (χ3n) is 3.20. The van der Waals surface area contributed by atoms with Gasteiger partial charge in [0.05, 0.1) is 17.2 Å². The number of aryl methyl sites for hydroxylation is 1. The van der Waals surface area contributed by atoms with Crippen molar-refractivity contribution >= 4 is 17.5 Å². The third-order valence-corrected chi connectivity index (χ3v) is 3.20. The Bertz CT molecular complexity index is 702. The number of carboxylic acid groups (broad SMARTS) is 1. The summed E-state index contributed by atoms with van der Waals surface area (Å²) < 4.78 is 0. The number of anilines is 2. The quantitative estimate of drug-likeness (QED) is 0.932. The predicted octanol–water partition coefficient (Wildman–Crippen LogP) is 2.98. The van der Waals surface area contributed by atoms with Crippen molar-refractivity contribution in [3.63, 3.8) is 0 Å². The molecule has 0 aliphatic carbocycles. The van der Waals surface area contributed by atoms with Gasteiger partial charge in [-0.25, -0.2) is 9.78 Å². The van der Waals surface area contributed by atoms with Crippen LogP contribution >= 0.6 is 0 Å². The van der Waals surface area contributed by atoms with E-state index < -0.39 is 5.97 Å². The van der Waals surface area contributed by atoms with E-state index in [4.69, 9.17) is 10.4 Å². The zero-order chi connectivity index (χ0) is 15.4. The SMILES string of the molecule is CCc1cc(C(=O)O)cc(N(C)c2ccc(C#N)cc2)n1. The fourth-order valence-corrected chi connectivity index (χ4v) is 1.94. The van der Waals surface area contributed by atoms with E-state index in [2.05, 4.69) is 11.1 Å². The van der Waals surface area contributed by atoms with Crippen molar-refractivity contribution in [3.8, 4) is 6.07 Å². The summed E-state index contributed by atoms with van der Waals surface area (Å²) in [4.78, 5) is 17.4. The van der Waals surface area contributed by atoms with Crippen LogP contribution in [0.2, 0.25) is 0 Å². The minimum absolute atomic E-state index is 0.220. The number of benzene rings is 1. The summed E-state index contributed by atoms with van der Waals surface area (Å²) >= 11 is 0. The fourth-order valence-electron chi connectivity index (χ4n) is 1.94. The van der Waals surface area contributed by atoms with E-state index in [1.807, 2.05) is 14.0 Å². The first-order valence-corrected chi connectivity index (χ1v) is 6.53. The van der Waals surface area contributed by atoms with Gasteiger partial charge in [-0.2, -0.15) is 5.26 Å². The van der Waals surface area contributed by atoms with E-state index in [1.54, 1.807) is 41.3 Å². The molecule has 0 unspecified atom stereocenters. The van der Waals surface area contributed by atoms with E-state index in [1.165, 1.54) is 0 Å². The lowest BCUT2D eigenvalue weighted by Crippen LogP contribution is -2.13. The van der Waals surface area contributed by atoms with Crippen LogP contribution in [0.25, 0.3) is 0 Å². The highest BCUT2D eigenvalue weighted by Gasteiger charge is 2.12. The third kappa shape index (κ3) is 3.18. The Balaban J connectivity index is 2.41. The standard InChI is InChI=1S/C16H15N3O2/c1-3-13-8-12(16(20)21)9-15(18-13)19(2)14-6-4-11(10-17)5-7-14/h4-9H,3H2,1-2H3,(H,20,21). The summed E-state index contributed by atoms with van der Waals surface area (Å²) in [6, 6.07) is 12.2. The zero-order valence-electron chi connectivity index (χ0n) is 11.9. The van der Waals surface area contributed by atoms with Gasteiger partial charge in [0.2, 0.25) is 0 Å². The smallest absolute Gasteiger partial charge is 0.335 e. The Morgan fingerprint density at radius 2 is 2.00 bits per heavy atom. The second-order valence-corrected chi connectivity index (χ2v) is 4.58. The lowest BCUT2D eigenvalue weighted by molar-refractivity contribution is 0.0696. The minimum atomic E-state index is -0.971. The molecule has 0 spiro atoms. The van der Waals surface area contributed by atoms with Gasteiger partial charge in [0, 0.05) is 18.4 Å². The molecule has 0 fully saturated rings. The summed E-state index contributed by atoms with van der Waals surface area (Å²) in [6.07, 6.45) is 0.662. The van der Waals surface area contributed by atoms with Gasteiger partial charge in [-0.1, -0.05) is 6.92 Å². The van der Waals surface area contributed by atoms with Crippen molar-refractivity contribution in [1.82, 2.24) is 4.98 Å². The molecule has 0 radical (unpaired) electrons. The fraction of sp³-hybridized carbons (Fsp3) is 0.188. The number of pyridine rings is 1. The first-order valence-electron chi connectivity index (χ1n) is 6.53. The molecular weight excluding hydrogens is 266 g/mol. The van der Waals surface area contributed by atoms with Crippen LogP contribution in [0.1, 0.15) is 28.5 Å². The molecule has 1 aromatic carbocycles. The molecule has 106 valence electrons. The molecule has 1 aromatic heterocycles. The van der Waals surface area contributed by atoms with Crippen molar-refractivity contribution in [2.45, 2.75) is 13.3 Å². The van der Waals surface area contributed by atoms with E-state index in [0.717, 1.165) is 11.4 Å². The number of aromatic carboxylic acids is 1. The number of nitriles is 1. The van der Waals surface area contributed by atoms with Crippen LogP contribution in [-0.4, -0.2) is 23.1 Å². The maximum absolute atomic E-state index is 11.2. The molecule has 0 aliphatic rings. The Kier molecular flexibility index (Phi) is 4.19. The molecule has 1 heterocycles. The molecule has 1 N–H and O–H groups in total. The predicted molar refractivity (Wildman–Crippen MR) is 79.8 cm³/mol. The van der Waals surface area contributed by atoms with E-state index in [0.29, 0.717) is 17.8 Å². The van der Waals surface area contributed by atoms with Crippen LogP contribution in [0.4, 0.5) is 11.5 Å². The highest BCUT2D eigenvalue weighted by Crippen LogP contribution is 2.23. The maximum atomic E-state index is 11.2. The average Bonchev–Trinajstić information content (AvgIpc) is 2.53. The molecule has 5 heteroatoms. The van der Waals surface area contributed by atoms with Crippen LogP contribution < -0.4 is 4.90 Å². The minimum Gasteiger partial charge on any atom is -0.478 e. The van der Waals surface area contributed by atoms with Crippen LogP contribution in [-0.2, 0) is 6.42 Å². The second kappa shape index (κ2) is 6.06. The van der Waals surface area contributed by atoms with Crippen molar-refractivity contribution in [2.75, 3.05) is 11.9 Å².